The standard InChI is InChI=1S/C8H16N2O3/c1-7(6-11)9-8(12)10-2-4-13-5-3-10/h7,11H,2-6H2,1H3,(H,9,12). The lowest BCUT2D eigenvalue weighted by Crippen LogP contribution is -2.49. The van der Waals surface area contributed by atoms with Crippen LogP contribution in [0.15, 0.2) is 0 Å². The van der Waals surface area contributed by atoms with Gasteiger partial charge in [-0.15, -0.1) is 0 Å². The third-order valence-corrected chi connectivity index (χ3v) is 1.94. The van der Waals surface area contributed by atoms with Crippen molar-refractivity contribution in [3.05, 3.63) is 0 Å². The van der Waals surface area contributed by atoms with Crippen LogP contribution in [0.3, 0.4) is 0 Å². The van der Waals surface area contributed by atoms with Crippen LogP contribution in [0.4, 0.5) is 4.79 Å². The van der Waals surface area contributed by atoms with Crippen molar-refractivity contribution in [2.45, 2.75) is 13.0 Å². The molecule has 2 N–H and O–H groups in total. The predicted octanol–water partition coefficient (Wildman–Crippen LogP) is -0.591. The van der Waals surface area contributed by atoms with E-state index >= 15 is 0 Å². The predicted molar refractivity (Wildman–Crippen MR) is 47.5 cm³/mol. The van der Waals surface area contributed by atoms with Gasteiger partial charge in [-0.05, 0) is 6.92 Å². The topological polar surface area (TPSA) is 61.8 Å². The summed E-state index contributed by atoms with van der Waals surface area (Å²) >= 11 is 0. The second-order valence-corrected chi connectivity index (χ2v) is 3.13. The summed E-state index contributed by atoms with van der Waals surface area (Å²) in [5, 5.41) is 11.4. The first-order chi connectivity index (χ1) is 6.24. The van der Waals surface area contributed by atoms with Gasteiger partial charge < -0.3 is 20.1 Å². The van der Waals surface area contributed by atoms with Crippen molar-refractivity contribution >= 4 is 6.03 Å². The summed E-state index contributed by atoms with van der Waals surface area (Å²) in [4.78, 5) is 13.1. The van der Waals surface area contributed by atoms with Crippen LogP contribution in [0.1, 0.15) is 6.92 Å². The van der Waals surface area contributed by atoms with Crippen LogP contribution in [0.5, 0.6) is 0 Å². The molecule has 0 aliphatic carbocycles. The SMILES string of the molecule is CC(CO)NC(=O)N1CCOCC1. The first-order valence-corrected chi connectivity index (χ1v) is 4.48. The molecule has 1 heterocycles. The summed E-state index contributed by atoms with van der Waals surface area (Å²) in [6, 6.07) is -0.305. The van der Waals surface area contributed by atoms with E-state index in [-0.39, 0.29) is 18.7 Å². The van der Waals surface area contributed by atoms with Gasteiger partial charge in [0.1, 0.15) is 0 Å². The smallest absolute Gasteiger partial charge is 0.317 e. The molecule has 5 heteroatoms. The number of hydrogen-bond donors (Lipinski definition) is 2. The quantitative estimate of drug-likeness (QED) is 0.609. The highest BCUT2D eigenvalue weighted by molar-refractivity contribution is 5.74. The molecule has 0 aromatic heterocycles. The summed E-state index contributed by atoms with van der Waals surface area (Å²) in [7, 11) is 0. The van der Waals surface area contributed by atoms with Gasteiger partial charge in [0.05, 0.1) is 25.9 Å². The van der Waals surface area contributed by atoms with Crippen molar-refractivity contribution < 1.29 is 14.6 Å². The van der Waals surface area contributed by atoms with E-state index in [2.05, 4.69) is 5.32 Å². The highest BCUT2D eigenvalue weighted by atomic mass is 16.5. The van der Waals surface area contributed by atoms with Crippen LogP contribution >= 0.6 is 0 Å². The number of amides is 2. The first-order valence-electron chi connectivity index (χ1n) is 4.48. The third kappa shape index (κ3) is 3.20. The molecule has 76 valence electrons. The highest BCUT2D eigenvalue weighted by Crippen LogP contribution is 1.97. The average molecular weight is 188 g/mol. The molecule has 13 heavy (non-hydrogen) atoms. The molecule has 1 saturated heterocycles. The molecule has 0 aromatic carbocycles. The fraction of sp³-hybridized carbons (Fsp3) is 0.875. The normalized spacial score (nSPS) is 19.7. The molecule has 0 spiro atoms. The van der Waals surface area contributed by atoms with E-state index < -0.39 is 0 Å². The van der Waals surface area contributed by atoms with Gasteiger partial charge in [-0.2, -0.15) is 0 Å². The summed E-state index contributed by atoms with van der Waals surface area (Å²) in [5.74, 6) is 0. The molecular formula is C8H16N2O3. The molecule has 0 aromatic rings. The average Bonchev–Trinajstić information content (AvgIpc) is 2.19. The van der Waals surface area contributed by atoms with Crippen molar-refractivity contribution in [1.82, 2.24) is 10.2 Å². The molecule has 1 fully saturated rings. The van der Waals surface area contributed by atoms with Gasteiger partial charge in [0.15, 0.2) is 0 Å². The largest absolute Gasteiger partial charge is 0.394 e. The number of carbonyl (C=O) groups excluding carboxylic acids is 1. The minimum atomic E-state index is -0.185. The van der Waals surface area contributed by atoms with Gasteiger partial charge in [-0.25, -0.2) is 4.79 Å². The Morgan fingerprint density at radius 3 is 2.77 bits per heavy atom. The molecule has 5 nitrogen and oxygen atoms in total. The number of rotatable bonds is 2. The fourth-order valence-electron chi connectivity index (χ4n) is 1.11. The number of hydrogen-bond acceptors (Lipinski definition) is 3. The Labute approximate surface area is 77.7 Å². The molecule has 0 bridgehead atoms. The van der Waals surface area contributed by atoms with Crippen molar-refractivity contribution in [3.63, 3.8) is 0 Å². The maximum atomic E-state index is 11.4. The highest BCUT2D eigenvalue weighted by Gasteiger charge is 2.17. The number of aliphatic hydroxyl groups excluding tert-OH is 1. The number of nitrogens with one attached hydrogen (secondary N) is 1. The summed E-state index contributed by atoms with van der Waals surface area (Å²) in [6.07, 6.45) is 0. The Hall–Kier alpha value is -0.810. The molecule has 2 amide bonds. The molecule has 0 radical (unpaired) electrons. The first kappa shape index (κ1) is 10.3. The maximum absolute atomic E-state index is 11.4. The number of aliphatic hydroxyl groups is 1. The van der Waals surface area contributed by atoms with Gasteiger partial charge >= 0.3 is 6.03 Å². The fourth-order valence-corrected chi connectivity index (χ4v) is 1.11. The Bertz CT molecular complexity index is 169. The Morgan fingerprint density at radius 1 is 1.62 bits per heavy atom. The van der Waals surface area contributed by atoms with E-state index in [0.717, 1.165) is 0 Å². The Morgan fingerprint density at radius 2 is 2.23 bits per heavy atom. The number of ether oxygens (including phenoxy) is 1. The van der Waals surface area contributed by atoms with Gasteiger partial charge in [0.25, 0.3) is 0 Å². The van der Waals surface area contributed by atoms with E-state index in [1.807, 2.05) is 0 Å². The molecule has 0 saturated carbocycles. The lowest BCUT2D eigenvalue weighted by atomic mass is 10.3. The zero-order chi connectivity index (χ0) is 9.68. The van der Waals surface area contributed by atoms with Crippen molar-refractivity contribution in [2.24, 2.45) is 0 Å². The van der Waals surface area contributed by atoms with Gasteiger partial charge in [0, 0.05) is 13.1 Å². The van der Waals surface area contributed by atoms with Crippen LogP contribution in [0, 0.1) is 0 Å². The molecule has 1 aliphatic heterocycles. The van der Waals surface area contributed by atoms with E-state index in [4.69, 9.17) is 9.84 Å². The van der Waals surface area contributed by atoms with E-state index in [9.17, 15) is 4.79 Å². The summed E-state index contributed by atoms with van der Waals surface area (Å²) < 4.78 is 5.11. The second kappa shape index (κ2) is 5.04. The molecule has 1 unspecified atom stereocenters. The zero-order valence-electron chi connectivity index (χ0n) is 7.82. The number of morpholine rings is 1. The number of nitrogens with zero attached hydrogens (tertiary/aromatic N) is 1. The van der Waals surface area contributed by atoms with E-state index in [1.165, 1.54) is 0 Å². The third-order valence-electron chi connectivity index (χ3n) is 1.94. The van der Waals surface area contributed by atoms with Gasteiger partial charge in [0.2, 0.25) is 0 Å². The number of urea groups is 1. The minimum Gasteiger partial charge on any atom is -0.394 e. The molecule has 1 aliphatic rings. The monoisotopic (exact) mass is 188 g/mol. The van der Waals surface area contributed by atoms with Gasteiger partial charge in [-0.1, -0.05) is 0 Å². The molecular weight excluding hydrogens is 172 g/mol. The van der Waals surface area contributed by atoms with Crippen LogP contribution in [0.2, 0.25) is 0 Å². The minimum absolute atomic E-state index is 0.0317. The van der Waals surface area contributed by atoms with Crippen molar-refractivity contribution in [2.75, 3.05) is 32.9 Å². The number of carbonyl (C=O) groups is 1. The lowest BCUT2D eigenvalue weighted by molar-refractivity contribution is 0.0520. The van der Waals surface area contributed by atoms with Crippen LogP contribution in [-0.2, 0) is 4.74 Å². The van der Waals surface area contributed by atoms with Crippen LogP contribution in [-0.4, -0.2) is 55.0 Å². The zero-order valence-corrected chi connectivity index (χ0v) is 7.82. The summed E-state index contributed by atoms with van der Waals surface area (Å²) in [5.41, 5.74) is 0. The summed E-state index contributed by atoms with van der Waals surface area (Å²) in [6.45, 7) is 4.18. The van der Waals surface area contributed by atoms with E-state index in [0.29, 0.717) is 26.3 Å². The van der Waals surface area contributed by atoms with Crippen molar-refractivity contribution in [3.8, 4) is 0 Å². The Kier molecular flexibility index (Phi) is 3.98. The van der Waals surface area contributed by atoms with Crippen LogP contribution < -0.4 is 5.32 Å². The van der Waals surface area contributed by atoms with Crippen molar-refractivity contribution in [1.29, 1.82) is 0 Å². The molecule has 1 rings (SSSR count). The van der Waals surface area contributed by atoms with Crippen LogP contribution in [0.25, 0.3) is 0 Å². The van der Waals surface area contributed by atoms with E-state index in [1.54, 1.807) is 11.8 Å². The molecule has 1 atom stereocenters. The maximum Gasteiger partial charge on any atom is 0.317 e. The van der Waals surface area contributed by atoms with Gasteiger partial charge in [-0.3, -0.25) is 0 Å². The Balaban J connectivity index is 2.29. The lowest BCUT2D eigenvalue weighted by Gasteiger charge is -2.28. The second-order valence-electron chi connectivity index (χ2n) is 3.13.